The van der Waals surface area contributed by atoms with Gasteiger partial charge in [-0.05, 0) is 43.1 Å². The largest absolute Gasteiger partial charge is 0.454 e. The summed E-state index contributed by atoms with van der Waals surface area (Å²) in [6.07, 6.45) is 0.980. The van der Waals surface area contributed by atoms with Crippen LogP contribution in [0.25, 0.3) is 0 Å². The standard InChI is InChI=1S/C17H19NO2/c1-13(15-5-3-2-4-6-15)18-10-9-14-7-8-16-17(11-14)20-12-19-16/h2-8,11,13,18H,9-10,12H2,1H3/t13-/m1/s1. The molecular formula is C17H19NO2. The Hall–Kier alpha value is -2.00. The van der Waals surface area contributed by atoms with Crippen LogP contribution in [0.5, 0.6) is 11.5 Å². The summed E-state index contributed by atoms with van der Waals surface area (Å²) in [5.41, 5.74) is 2.58. The summed E-state index contributed by atoms with van der Waals surface area (Å²) in [6.45, 7) is 3.47. The van der Waals surface area contributed by atoms with Gasteiger partial charge in [-0.2, -0.15) is 0 Å². The summed E-state index contributed by atoms with van der Waals surface area (Å²) >= 11 is 0. The Balaban J connectivity index is 1.53. The fourth-order valence-electron chi connectivity index (χ4n) is 2.39. The quantitative estimate of drug-likeness (QED) is 0.903. The molecule has 0 fully saturated rings. The van der Waals surface area contributed by atoms with Gasteiger partial charge < -0.3 is 14.8 Å². The molecule has 3 rings (SSSR count). The Kier molecular flexibility index (Phi) is 3.88. The van der Waals surface area contributed by atoms with Crippen LogP contribution in [0.1, 0.15) is 24.1 Å². The molecule has 0 aromatic heterocycles. The number of hydrogen-bond donors (Lipinski definition) is 1. The highest BCUT2D eigenvalue weighted by molar-refractivity contribution is 5.44. The highest BCUT2D eigenvalue weighted by Crippen LogP contribution is 2.32. The molecule has 0 amide bonds. The molecule has 1 aliphatic rings. The number of hydrogen-bond acceptors (Lipinski definition) is 3. The molecule has 0 unspecified atom stereocenters. The third-order valence-electron chi connectivity index (χ3n) is 3.60. The molecule has 0 aliphatic carbocycles. The van der Waals surface area contributed by atoms with E-state index >= 15 is 0 Å². The zero-order valence-corrected chi connectivity index (χ0v) is 11.6. The van der Waals surface area contributed by atoms with Crippen LogP contribution in [0.4, 0.5) is 0 Å². The van der Waals surface area contributed by atoms with Crippen LogP contribution < -0.4 is 14.8 Å². The zero-order chi connectivity index (χ0) is 13.8. The molecule has 0 saturated carbocycles. The fourth-order valence-corrected chi connectivity index (χ4v) is 2.39. The van der Waals surface area contributed by atoms with Crippen molar-refractivity contribution >= 4 is 0 Å². The maximum atomic E-state index is 5.39. The number of fused-ring (bicyclic) bond motifs is 1. The number of ether oxygens (including phenoxy) is 2. The number of benzene rings is 2. The van der Waals surface area contributed by atoms with Crippen molar-refractivity contribution < 1.29 is 9.47 Å². The van der Waals surface area contributed by atoms with Gasteiger partial charge in [0.05, 0.1) is 0 Å². The van der Waals surface area contributed by atoms with Gasteiger partial charge in [-0.25, -0.2) is 0 Å². The third kappa shape index (κ3) is 2.94. The van der Waals surface area contributed by atoms with E-state index in [1.54, 1.807) is 0 Å². The Bertz CT molecular complexity index is 568. The lowest BCUT2D eigenvalue weighted by Crippen LogP contribution is -2.21. The summed E-state index contributed by atoms with van der Waals surface area (Å²) in [5.74, 6) is 1.71. The molecule has 0 radical (unpaired) electrons. The van der Waals surface area contributed by atoms with E-state index in [0.717, 1.165) is 24.5 Å². The molecule has 104 valence electrons. The van der Waals surface area contributed by atoms with Gasteiger partial charge in [0, 0.05) is 6.04 Å². The second-order valence-electron chi connectivity index (χ2n) is 5.02. The van der Waals surface area contributed by atoms with Crippen molar-refractivity contribution in [3.63, 3.8) is 0 Å². The molecule has 20 heavy (non-hydrogen) atoms. The van der Waals surface area contributed by atoms with Gasteiger partial charge >= 0.3 is 0 Å². The number of rotatable bonds is 5. The van der Waals surface area contributed by atoms with Crippen LogP contribution in [-0.2, 0) is 6.42 Å². The molecular weight excluding hydrogens is 250 g/mol. The van der Waals surface area contributed by atoms with Crippen LogP contribution in [0, 0.1) is 0 Å². The minimum atomic E-state index is 0.335. The molecule has 1 N–H and O–H groups in total. The predicted octanol–water partition coefficient (Wildman–Crippen LogP) is 3.31. The van der Waals surface area contributed by atoms with Gasteiger partial charge in [0.2, 0.25) is 6.79 Å². The Labute approximate surface area is 119 Å². The molecule has 0 spiro atoms. The fraction of sp³-hybridized carbons (Fsp3) is 0.294. The summed E-state index contributed by atoms with van der Waals surface area (Å²) in [4.78, 5) is 0. The zero-order valence-electron chi connectivity index (χ0n) is 11.6. The molecule has 3 heteroatoms. The lowest BCUT2D eigenvalue weighted by Gasteiger charge is -2.14. The van der Waals surface area contributed by atoms with E-state index in [0.29, 0.717) is 12.8 Å². The Morgan fingerprint density at radius 2 is 1.85 bits per heavy atom. The SMILES string of the molecule is C[C@@H](NCCc1ccc2c(c1)OCO2)c1ccccc1. The van der Waals surface area contributed by atoms with Crippen molar-refractivity contribution in [1.29, 1.82) is 0 Å². The minimum absolute atomic E-state index is 0.335. The van der Waals surface area contributed by atoms with E-state index in [2.05, 4.69) is 48.6 Å². The van der Waals surface area contributed by atoms with Crippen molar-refractivity contribution in [2.45, 2.75) is 19.4 Å². The Morgan fingerprint density at radius 1 is 1.05 bits per heavy atom. The first-order chi connectivity index (χ1) is 9.83. The van der Waals surface area contributed by atoms with Gasteiger partial charge in [-0.15, -0.1) is 0 Å². The molecule has 1 atom stereocenters. The first-order valence-electron chi connectivity index (χ1n) is 7.00. The van der Waals surface area contributed by atoms with Crippen LogP contribution in [0.3, 0.4) is 0 Å². The normalized spacial score (nSPS) is 14.2. The van der Waals surface area contributed by atoms with E-state index in [1.807, 2.05) is 12.1 Å². The predicted molar refractivity (Wildman–Crippen MR) is 79.1 cm³/mol. The third-order valence-corrected chi connectivity index (χ3v) is 3.60. The van der Waals surface area contributed by atoms with Crippen molar-refractivity contribution in [2.24, 2.45) is 0 Å². The van der Waals surface area contributed by atoms with E-state index < -0.39 is 0 Å². The van der Waals surface area contributed by atoms with E-state index in [1.165, 1.54) is 11.1 Å². The molecule has 1 heterocycles. The second kappa shape index (κ2) is 5.97. The van der Waals surface area contributed by atoms with E-state index in [9.17, 15) is 0 Å². The maximum absolute atomic E-state index is 5.39. The van der Waals surface area contributed by atoms with Crippen LogP contribution in [0.2, 0.25) is 0 Å². The lowest BCUT2D eigenvalue weighted by molar-refractivity contribution is 0.174. The first kappa shape index (κ1) is 13.0. The van der Waals surface area contributed by atoms with Gasteiger partial charge in [-0.3, -0.25) is 0 Å². The van der Waals surface area contributed by atoms with Gasteiger partial charge in [0.25, 0.3) is 0 Å². The number of nitrogens with one attached hydrogen (secondary N) is 1. The molecule has 3 nitrogen and oxygen atoms in total. The van der Waals surface area contributed by atoms with E-state index in [-0.39, 0.29) is 0 Å². The van der Waals surface area contributed by atoms with Crippen molar-refractivity contribution in [3.05, 3.63) is 59.7 Å². The summed E-state index contributed by atoms with van der Waals surface area (Å²) < 4.78 is 10.7. The topological polar surface area (TPSA) is 30.5 Å². The minimum Gasteiger partial charge on any atom is -0.454 e. The highest BCUT2D eigenvalue weighted by Gasteiger charge is 2.13. The van der Waals surface area contributed by atoms with Crippen molar-refractivity contribution in [2.75, 3.05) is 13.3 Å². The monoisotopic (exact) mass is 269 g/mol. The molecule has 1 aliphatic heterocycles. The lowest BCUT2D eigenvalue weighted by atomic mass is 10.1. The molecule has 0 bridgehead atoms. The maximum Gasteiger partial charge on any atom is 0.231 e. The Morgan fingerprint density at radius 3 is 2.70 bits per heavy atom. The summed E-state index contributed by atoms with van der Waals surface area (Å²) in [7, 11) is 0. The average Bonchev–Trinajstić information content (AvgIpc) is 2.95. The average molecular weight is 269 g/mol. The second-order valence-corrected chi connectivity index (χ2v) is 5.02. The van der Waals surface area contributed by atoms with Crippen LogP contribution in [0.15, 0.2) is 48.5 Å². The van der Waals surface area contributed by atoms with Crippen molar-refractivity contribution in [3.8, 4) is 11.5 Å². The van der Waals surface area contributed by atoms with Gasteiger partial charge in [0.1, 0.15) is 0 Å². The van der Waals surface area contributed by atoms with E-state index in [4.69, 9.17) is 9.47 Å². The summed E-state index contributed by atoms with van der Waals surface area (Å²) in [5, 5.41) is 3.54. The van der Waals surface area contributed by atoms with Gasteiger partial charge in [0.15, 0.2) is 11.5 Å². The highest BCUT2D eigenvalue weighted by atomic mass is 16.7. The van der Waals surface area contributed by atoms with Gasteiger partial charge in [-0.1, -0.05) is 36.4 Å². The van der Waals surface area contributed by atoms with Crippen LogP contribution in [-0.4, -0.2) is 13.3 Å². The summed E-state index contributed by atoms with van der Waals surface area (Å²) in [6, 6.07) is 17.0. The molecule has 0 saturated heterocycles. The molecule has 2 aromatic rings. The molecule has 2 aromatic carbocycles. The van der Waals surface area contributed by atoms with Crippen molar-refractivity contribution in [1.82, 2.24) is 5.32 Å². The van der Waals surface area contributed by atoms with Crippen LogP contribution >= 0.6 is 0 Å². The first-order valence-corrected chi connectivity index (χ1v) is 7.00. The smallest absolute Gasteiger partial charge is 0.231 e.